The Hall–Kier alpha value is -1.99. The lowest BCUT2D eigenvalue weighted by atomic mass is 10.1. The molecule has 1 unspecified atom stereocenters. The molecule has 7 heteroatoms. The van der Waals surface area contributed by atoms with Crippen molar-refractivity contribution in [3.8, 4) is 17.2 Å². The van der Waals surface area contributed by atoms with Crippen molar-refractivity contribution in [2.45, 2.75) is 6.29 Å². The van der Waals surface area contributed by atoms with Gasteiger partial charge in [0.1, 0.15) is 0 Å². The van der Waals surface area contributed by atoms with Gasteiger partial charge in [-0.05, 0) is 12.1 Å². The number of benzene rings is 1. The van der Waals surface area contributed by atoms with E-state index in [0.29, 0.717) is 42.5 Å². The fourth-order valence-corrected chi connectivity index (χ4v) is 2.33. The number of methoxy groups -OCH3 is 4. The predicted octanol–water partition coefficient (Wildman–Crippen LogP) is 1.16. The number of ether oxygens (including phenoxy) is 5. The van der Waals surface area contributed by atoms with Gasteiger partial charge >= 0.3 is 0 Å². The Bertz CT molecular complexity index is 508. The second-order valence-electron chi connectivity index (χ2n) is 4.70. The third-order valence-electron chi connectivity index (χ3n) is 3.50. The van der Waals surface area contributed by atoms with E-state index in [2.05, 4.69) is 0 Å². The molecule has 22 heavy (non-hydrogen) atoms. The molecule has 1 amide bonds. The minimum Gasteiger partial charge on any atom is -0.493 e. The van der Waals surface area contributed by atoms with Crippen molar-refractivity contribution in [2.24, 2.45) is 0 Å². The highest BCUT2D eigenvalue weighted by Crippen LogP contribution is 2.38. The Morgan fingerprint density at radius 1 is 1.14 bits per heavy atom. The largest absolute Gasteiger partial charge is 0.493 e. The van der Waals surface area contributed by atoms with Crippen molar-refractivity contribution in [3.63, 3.8) is 0 Å². The van der Waals surface area contributed by atoms with Crippen LogP contribution < -0.4 is 14.2 Å². The number of nitrogens with zero attached hydrogens (tertiary/aromatic N) is 1. The summed E-state index contributed by atoms with van der Waals surface area (Å²) in [6.45, 7) is 1.33. The summed E-state index contributed by atoms with van der Waals surface area (Å²) in [4.78, 5) is 14.3. The molecule has 0 radical (unpaired) electrons. The van der Waals surface area contributed by atoms with E-state index in [0.717, 1.165) is 0 Å². The summed E-state index contributed by atoms with van der Waals surface area (Å²) in [7, 11) is 6.10. The molecule has 1 atom stereocenters. The van der Waals surface area contributed by atoms with Gasteiger partial charge in [0.2, 0.25) is 5.75 Å². The van der Waals surface area contributed by atoms with Crippen molar-refractivity contribution in [2.75, 3.05) is 48.1 Å². The number of hydrogen-bond donors (Lipinski definition) is 0. The molecule has 1 saturated heterocycles. The molecule has 1 aromatic rings. The lowest BCUT2D eigenvalue weighted by molar-refractivity contribution is -0.157. The second kappa shape index (κ2) is 7.33. The van der Waals surface area contributed by atoms with E-state index in [-0.39, 0.29) is 5.91 Å². The highest BCUT2D eigenvalue weighted by atomic mass is 16.7. The zero-order valence-electron chi connectivity index (χ0n) is 13.3. The van der Waals surface area contributed by atoms with Crippen LogP contribution in [0, 0.1) is 0 Å². The van der Waals surface area contributed by atoms with Crippen molar-refractivity contribution in [1.29, 1.82) is 0 Å². The topological polar surface area (TPSA) is 66.5 Å². The summed E-state index contributed by atoms with van der Waals surface area (Å²) >= 11 is 0. The van der Waals surface area contributed by atoms with Gasteiger partial charge in [-0.3, -0.25) is 4.79 Å². The van der Waals surface area contributed by atoms with Gasteiger partial charge < -0.3 is 28.6 Å². The summed E-state index contributed by atoms with van der Waals surface area (Å²) in [5.41, 5.74) is 0.464. The minimum absolute atomic E-state index is 0.135. The Kier molecular flexibility index (Phi) is 5.46. The summed E-state index contributed by atoms with van der Waals surface area (Å²) in [6, 6.07) is 3.28. The maximum Gasteiger partial charge on any atom is 0.254 e. The first-order chi connectivity index (χ1) is 10.6. The molecule has 0 aromatic heterocycles. The van der Waals surface area contributed by atoms with Crippen LogP contribution in [0.1, 0.15) is 10.4 Å². The normalized spacial score (nSPS) is 18.0. The summed E-state index contributed by atoms with van der Waals surface area (Å²) in [5.74, 6) is 1.21. The number of morpholine rings is 1. The first-order valence-electron chi connectivity index (χ1n) is 6.88. The van der Waals surface area contributed by atoms with E-state index in [1.807, 2.05) is 0 Å². The van der Waals surface area contributed by atoms with Crippen LogP contribution in [0.25, 0.3) is 0 Å². The van der Waals surface area contributed by atoms with Gasteiger partial charge in [0.05, 0.1) is 34.5 Å². The molecule has 1 heterocycles. The standard InChI is InChI=1S/C15H21NO6/c1-18-11-7-10(8-12(19-2)14(11)21-4)15(17)16-5-6-22-13(9-16)20-3/h7-8,13H,5-6,9H2,1-4H3. The zero-order valence-corrected chi connectivity index (χ0v) is 13.3. The van der Waals surface area contributed by atoms with Gasteiger partial charge in [0, 0.05) is 19.2 Å². The fourth-order valence-electron chi connectivity index (χ4n) is 2.33. The van der Waals surface area contributed by atoms with Gasteiger partial charge in [-0.25, -0.2) is 0 Å². The highest BCUT2D eigenvalue weighted by molar-refractivity contribution is 5.95. The Labute approximate surface area is 129 Å². The lowest BCUT2D eigenvalue weighted by Gasteiger charge is -2.32. The molecule has 0 N–H and O–H groups in total. The van der Waals surface area contributed by atoms with Gasteiger partial charge in [0.25, 0.3) is 5.91 Å². The zero-order chi connectivity index (χ0) is 16.1. The first kappa shape index (κ1) is 16.4. The minimum atomic E-state index is -0.403. The van der Waals surface area contributed by atoms with E-state index in [4.69, 9.17) is 23.7 Å². The Balaban J connectivity index is 2.29. The molecule has 0 saturated carbocycles. The van der Waals surface area contributed by atoms with Crippen molar-refractivity contribution < 1.29 is 28.5 Å². The maximum absolute atomic E-state index is 12.7. The van der Waals surface area contributed by atoms with Gasteiger partial charge in [-0.2, -0.15) is 0 Å². The van der Waals surface area contributed by atoms with Crippen LogP contribution >= 0.6 is 0 Å². The number of rotatable bonds is 5. The van der Waals surface area contributed by atoms with Crippen molar-refractivity contribution >= 4 is 5.91 Å². The Morgan fingerprint density at radius 2 is 1.77 bits per heavy atom. The average molecular weight is 311 g/mol. The lowest BCUT2D eigenvalue weighted by Crippen LogP contribution is -2.46. The van der Waals surface area contributed by atoms with E-state index < -0.39 is 6.29 Å². The van der Waals surface area contributed by atoms with E-state index in [9.17, 15) is 4.79 Å². The summed E-state index contributed by atoms with van der Waals surface area (Å²) in [6.07, 6.45) is -0.403. The van der Waals surface area contributed by atoms with Crippen LogP contribution in [0.3, 0.4) is 0 Å². The number of hydrogen-bond acceptors (Lipinski definition) is 6. The quantitative estimate of drug-likeness (QED) is 0.813. The molecule has 122 valence electrons. The second-order valence-corrected chi connectivity index (χ2v) is 4.70. The molecule has 0 spiro atoms. The molecule has 0 bridgehead atoms. The number of carbonyl (C=O) groups excluding carboxylic acids is 1. The molecule has 0 aliphatic carbocycles. The average Bonchev–Trinajstić information content (AvgIpc) is 2.59. The Morgan fingerprint density at radius 3 is 2.27 bits per heavy atom. The highest BCUT2D eigenvalue weighted by Gasteiger charge is 2.26. The fraction of sp³-hybridized carbons (Fsp3) is 0.533. The van der Waals surface area contributed by atoms with Gasteiger partial charge in [-0.15, -0.1) is 0 Å². The third-order valence-corrected chi connectivity index (χ3v) is 3.50. The first-order valence-corrected chi connectivity index (χ1v) is 6.88. The number of amides is 1. The molecule has 1 aromatic carbocycles. The molecular formula is C15H21NO6. The van der Waals surface area contributed by atoms with Gasteiger partial charge in [0.15, 0.2) is 17.8 Å². The smallest absolute Gasteiger partial charge is 0.254 e. The van der Waals surface area contributed by atoms with Crippen molar-refractivity contribution in [3.05, 3.63) is 17.7 Å². The molecule has 7 nitrogen and oxygen atoms in total. The van der Waals surface area contributed by atoms with Gasteiger partial charge in [-0.1, -0.05) is 0 Å². The molecule has 2 rings (SSSR count). The maximum atomic E-state index is 12.7. The summed E-state index contributed by atoms with van der Waals surface area (Å²) < 4.78 is 26.3. The SMILES string of the molecule is COc1cc(C(=O)N2CCOC(OC)C2)cc(OC)c1OC. The van der Waals surface area contributed by atoms with E-state index in [1.165, 1.54) is 21.3 Å². The van der Waals surface area contributed by atoms with Crippen LogP contribution in [0.4, 0.5) is 0 Å². The molecule has 1 aliphatic rings. The third kappa shape index (κ3) is 3.26. The predicted molar refractivity (Wildman–Crippen MR) is 78.8 cm³/mol. The van der Waals surface area contributed by atoms with Crippen molar-refractivity contribution in [1.82, 2.24) is 4.90 Å². The van der Waals surface area contributed by atoms with Crippen LogP contribution in [0.15, 0.2) is 12.1 Å². The van der Waals surface area contributed by atoms with E-state index in [1.54, 1.807) is 24.1 Å². The van der Waals surface area contributed by atoms with E-state index >= 15 is 0 Å². The molecule has 1 fully saturated rings. The molecular weight excluding hydrogens is 290 g/mol. The monoisotopic (exact) mass is 311 g/mol. The van der Waals surface area contributed by atoms with Crippen LogP contribution in [-0.2, 0) is 9.47 Å². The molecule has 1 aliphatic heterocycles. The van der Waals surface area contributed by atoms with Crippen LogP contribution in [-0.4, -0.2) is 65.2 Å². The number of carbonyl (C=O) groups is 1. The van der Waals surface area contributed by atoms with Crippen LogP contribution in [0.5, 0.6) is 17.2 Å². The van der Waals surface area contributed by atoms with Crippen LogP contribution in [0.2, 0.25) is 0 Å². The summed E-state index contributed by atoms with van der Waals surface area (Å²) in [5, 5.41) is 0.